The van der Waals surface area contributed by atoms with E-state index in [9.17, 15) is 20.3 Å². The molecule has 0 radical (unpaired) electrons. The first kappa shape index (κ1) is 46.2. The first-order valence-corrected chi connectivity index (χ1v) is 23.0. The molecule has 3 saturated carbocycles. The Hall–Kier alpha value is -4.95. The monoisotopic (exact) mass is 909 g/mol. The van der Waals surface area contributed by atoms with Crippen LogP contribution in [-0.2, 0) is 39.7 Å². The summed E-state index contributed by atoms with van der Waals surface area (Å²) in [4.78, 5) is 28.4. The van der Waals surface area contributed by atoms with Crippen molar-refractivity contribution in [2.45, 2.75) is 160 Å². The molecule has 6 aliphatic heterocycles. The molecule has 1 aromatic rings. The second-order valence-electron chi connectivity index (χ2n) is 20.8. The first-order chi connectivity index (χ1) is 31.0. The van der Waals surface area contributed by atoms with Crippen LogP contribution in [-0.4, -0.2) is 94.6 Å². The van der Waals surface area contributed by atoms with Crippen LogP contribution in [0.5, 0.6) is 17.2 Å². The van der Waals surface area contributed by atoms with Gasteiger partial charge in [0.05, 0.1) is 47.8 Å². The summed E-state index contributed by atoms with van der Waals surface area (Å²) in [6.07, 6.45) is 5.72. The predicted molar refractivity (Wildman–Crippen MR) is 241 cm³/mol. The molecule has 3 saturated heterocycles. The molecule has 0 aromatic heterocycles. The number of fused-ring (bicyclic) bond motifs is 4. The fraction of sp³-hybridized carbons (Fsp3) is 0.588. The number of Topliss-reactive ketones (excluding diaryl/α,β-unsaturated/α-hetero) is 1. The second kappa shape index (κ2) is 15.8. The summed E-state index contributed by atoms with van der Waals surface area (Å²) < 4.78 is 52.6. The maximum Gasteiger partial charge on any atom is 0.333 e. The summed E-state index contributed by atoms with van der Waals surface area (Å²) in [7, 11) is 1.30. The van der Waals surface area contributed by atoms with Crippen molar-refractivity contribution in [2.75, 3.05) is 13.7 Å². The molecule has 6 unspecified atom stereocenters. The van der Waals surface area contributed by atoms with Gasteiger partial charge in [-0.25, -0.2) is 4.79 Å². The standard InChI is InChI=1S/C51H63N3O12/c1-24(2)13-12-18-49(10)19-17-28-39(64-49)27(15-14-25(3)4)41-34(40(28)62-46-38(56)37(55)42-31(61-46)23-60-48(8,9)63-42)36-35-33(30(22-52)44(53)54-36)29-21-32-47(6,7)66-50(43(29)57,51(32,35)65-41)20-16-26(5)45(58)59-11/h13-14,16-17,19,29,31-33,37-38,42,46,54-56H,12,15,18,20-21,23,53H2,1-11H3/b26-16-/t29?,31-,32?,33?,37-,38-,42-,46+,49?,50?,51?/m1/s1. The highest BCUT2D eigenvalue weighted by Crippen LogP contribution is 2.73. The van der Waals surface area contributed by atoms with E-state index >= 15 is 4.79 Å². The molecule has 0 amide bonds. The Kier molecular flexibility index (Phi) is 11.1. The maximum atomic E-state index is 15.5. The molecule has 4 bridgehead atoms. The van der Waals surface area contributed by atoms with Gasteiger partial charge in [-0.15, -0.1) is 0 Å². The lowest BCUT2D eigenvalue weighted by Gasteiger charge is -2.62. The van der Waals surface area contributed by atoms with Gasteiger partial charge in [0.15, 0.2) is 22.8 Å². The summed E-state index contributed by atoms with van der Waals surface area (Å²) in [6.45, 7) is 19.2. The lowest BCUT2D eigenvalue weighted by molar-refractivity contribution is -0.373. The fourth-order valence-electron chi connectivity index (χ4n) is 11.8. The number of nitrogens with two attached hydrogens (primary N) is 1. The lowest BCUT2D eigenvalue weighted by Crippen LogP contribution is -2.75. The predicted octanol–water partition coefficient (Wildman–Crippen LogP) is 6.11. The van der Waals surface area contributed by atoms with E-state index in [1.165, 1.54) is 12.7 Å². The molecule has 3 aliphatic carbocycles. The minimum Gasteiger partial charge on any atom is -0.482 e. The van der Waals surface area contributed by atoms with Gasteiger partial charge < -0.3 is 59.2 Å². The van der Waals surface area contributed by atoms with Crippen LogP contribution in [0.4, 0.5) is 0 Å². The van der Waals surface area contributed by atoms with E-state index < -0.39 is 82.6 Å². The number of ketones is 1. The van der Waals surface area contributed by atoms with E-state index in [4.69, 9.17) is 43.6 Å². The second-order valence-corrected chi connectivity index (χ2v) is 20.8. The Morgan fingerprint density at radius 1 is 1.03 bits per heavy atom. The molecule has 10 rings (SSSR count). The molecule has 11 atom stereocenters. The Labute approximate surface area is 386 Å². The number of aliphatic hydroxyl groups excluding tert-OH is 2. The highest BCUT2D eigenvalue weighted by atomic mass is 16.8. The van der Waals surface area contributed by atoms with Crippen molar-refractivity contribution in [3.8, 4) is 23.3 Å². The average Bonchev–Trinajstić information content (AvgIpc) is 3.39. The number of nitrogens with zero attached hydrogens (tertiary/aromatic N) is 1. The number of allylic oxidation sites excluding steroid dienone is 5. The van der Waals surface area contributed by atoms with Crippen molar-refractivity contribution >= 4 is 23.5 Å². The van der Waals surface area contributed by atoms with Crippen molar-refractivity contribution in [3.63, 3.8) is 0 Å². The number of aliphatic hydroxyl groups is 2. The normalized spacial score (nSPS) is 36.1. The Morgan fingerprint density at radius 2 is 1.76 bits per heavy atom. The summed E-state index contributed by atoms with van der Waals surface area (Å²) in [5, 5.41) is 37.7. The van der Waals surface area contributed by atoms with Crippen LogP contribution < -0.4 is 25.3 Å². The number of benzene rings is 1. The van der Waals surface area contributed by atoms with Crippen molar-refractivity contribution in [2.24, 2.45) is 23.5 Å². The third-order valence-electron chi connectivity index (χ3n) is 14.9. The molecular formula is C51H63N3O12. The van der Waals surface area contributed by atoms with Crippen LogP contribution in [0.3, 0.4) is 0 Å². The van der Waals surface area contributed by atoms with E-state index in [1.54, 1.807) is 26.8 Å². The molecule has 9 aliphatic rings. The van der Waals surface area contributed by atoms with Crippen molar-refractivity contribution in [3.05, 3.63) is 74.7 Å². The van der Waals surface area contributed by atoms with Gasteiger partial charge in [-0.05, 0) is 107 Å². The zero-order chi connectivity index (χ0) is 47.6. The maximum absolute atomic E-state index is 15.5. The van der Waals surface area contributed by atoms with Gasteiger partial charge in [-0.1, -0.05) is 29.4 Å². The molecule has 354 valence electrons. The number of methoxy groups -OCH3 is 1. The number of carbonyl (C=O) groups is 2. The van der Waals surface area contributed by atoms with Gasteiger partial charge in [0, 0.05) is 40.9 Å². The Morgan fingerprint density at radius 3 is 2.44 bits per heavy atom. The molecule has 66 heavy (non-hydrogen) atoms. The number of ether oxygens (including phenoxy) is 8. The van der Waals surface area contributed by atoms with Crippen LogP contribution >= 0.6 is 0 Å². The van der Waals surface area contributed by atoms with Crippen LogP contribution in [0, 0.1) is 29.1 Å². The SMILES string of the molecule is COC(=O)/C(C)=C\CC12OC(C)(C)C3CC(C1=O)C1C(C#N)=C(N)NC4=C1C32Oc1c(CC=C(C)C)c2c(c(O[C@@H]3O[C@@H]5COC(C)(C)O[C@H]5[C@H](O)[C@H]3O)c14)C=CC(C)(CCC=C(C)C)O2. The van der Waals surface area contributed by atoms with E-state index in [0.29, 0.717) is 64.3 Å². The smallest absolute Gasteiger partial charge is 0.333 e. The number of hydrogen-bond acceptors (Lipinski definition) is 15. The average molecular weight is 910 g/mol. The van der Waals surface area contributed by atoms with E-state index in [0.717, 1.165) is 12.0 Å². The van der Waals surface area contributed by atoms with Gasteiger partial charge in [0.25, 0.3) is 0 Å². The van der Waals surface area contributed by atoms with Gasteiger partial charge in [0.2, 0.25) is 6.29 Å². The molecule has 15 nitrogen and oxygen atoms in total. The molecule has 6 fully saturated rings. The van der Waals surface area contributed by atoms with Gasteiger partial charge in [-0.3, -0.25) is 4.79 Å². The van der Waals surface area contributed by atoms with Crippen LogP contribution in [0.1, 0.15) is 112 Å². The largest absolute Gasteiger partial charge is 0.482 e. The summed E-state index contributed by atoms with van der Waals surface area (Å²) in [6, 6.07) is 2.33. The van der Waals surface area contributed by atoms with E-state index in [1.807, 2.05) is 46.8 Å². The highest BCUT2D eigenvalue weighted by Gasteiger charge is 2.84. The van der Waals surface area contributed by atoms with Crippen LogP contribution in [0.2, 0.25) is 0 Å². The zero-order valence-corrected chi connectivity index (χ0v) is 39.7. The van der Waals surface area contributed by atoms with Crippen LogP contribution in [0.25, 0.3) is 11.8 Å². The number of nitriles is 1. The quantitative estimate of drug-likeness (QED) is 0.119. The fourth-order valence-corrected chi connectivity index (χ4v) is 11.8. The Balaban J connectivity index is 1.33. The third kappa shape index (κ3) is 6.80. The summed E-state index contributed by atoms with van der Waals surface area (Å²) in [5.74, 6) is -2.72. The highest BCUT2D eigenvalue weighted by molar-refractivity contribution is 6.02. The molecule has 1 spiro atoms. The number of hydrogen-bond donors (Lipinski definition) is 4. The van der Waals surface area contributed by atoms with Gasteiger partial charge >= 0.3 is 5.97 Å². The van der Waals surface area contributed by atoms with Crippen molar-refractivity contribution in [1.29, 1.82) is 5.26 Å². The van der Waals surface area contributed by atoms with E-state index in [2.05, 4.69) is 37.4 Å². The minimum atomic E-state index is -1.68. The van der Waals surface area contributed by atoms with Crippen molar-refractivity contribution in [1.82, 2.24) is 5.32 Å². The number of rotatable bonds is 10. The van der Waals surface area contributed by atoms with Gasteiger partial charge in [0.1, 0.15) is 53.1 Å². The van der Waals surface area contributed by atoms with E-state index in [-0.39, 0.29) is 36.0 Å². The third-order valence-corrected chi connectivity index (χ3v) is 14.9. The Bertz CT molecular complexity index is 2520. The molecule has 6 heterocycles. The molecule has 15 heteroatoms. The molecule has 5 N–H and O–H groups in total. The number of nitrogens with one attached hydrogen (secondary N) is 1. The van der Waals surface area contributed by atoms with Gasteiger partial charge in [-0.2, -0.15) is 5.26 Å². The number of esters is 1. The molecule has 1 aromatic carbocycles. The lowest BCUT2D eigenvalue weighted by atomic mass is 9.45. The molecular weight excluding hydrogens is 847 g/mol. The first-order valence-electron chi connectivity index (χ1n) is 23.0. The topological polar surface area (TPSA) is 210 Å². The summed E-state index contributed by atoms with van der Waals surface area (Å²) >= 11 is 0. The van der Waals surface area contributed by atoms with Crippen LogP contribution in [0.15, 0.2) is 58.0 Å². The zero-order valence-electron chi connectivity index (χ0n) is 39.7. The number of dihydropyridines is 1. The number of carbonyl (C=O) groups excluding carboxylic acids is 2. The summed E-state index contributed by atoms with van der Waals surface area (Å²) in [5.41, 5.74) is 7.32. The minimum absolute atomic E-state index is 0.0358. The van der Waals surface area contributed by atoms with Crippen molar-refractivity contribution < 1.29 is 57.7 Å².